The van der Waals surface area contributed by atoms with Crippen LogP contribution in [0.2, 0.25) is 10.0 Å². The first-order valence-electron chi connectivity index (χ1n) is 9.60. The molecule has 2 amide bonds. The van der Waals surface area contributed by atoms with Crippen LogP contribution in [0.4, 0.5) is 4.39 Å². The lowest BCUT2D eigenvalue weighted by Gasteiger charge is -2.20. The van der Waals surface area contributed by atoms with Gasteiger partial charge in [0, 0.05) is 17.1 Å². The van der Waals surface area contributed by atoms with Gasteiger partial charge in [-0.2, -0.15) is 0 Å². The van der Waals surface area contributed by atoms with Crippen molar-refractivity contribution in [2.75, 3.05) is 13.1 Å². The van der Waals surface area contributed by atoms with Gasteiger partial charge in [-0.15, -0.1) is 0 Å². The second-order valence-corrected chi connectivity index (χ2v) is 8.38. The summed E-state index contributed by atoms with van der Waals surface area (Å²) in [7, 11) is 0. The van der Waals surface area contributed by atoms with Crippen LogP contribution in [0.25, 0.3) is 0 Å². The molecule has 162 valence electrons. The lowest BCUT2D eigenvalue weighted by atomic mass is 10.0. The summed E-state index contributed by atoms with van der Waals surface area (Å²) in [6, 6.07) is 5.54. The normalized spacial score (nSPS) is 19.8. The zero-order valence-corrected chi connectivity index (χ0v) is 18.3. The van der Waals surface area contributed by atoms with Gasteiger partial charge in [0.15, 0.2) is 11.9 Å². The highest BCUT2D eigenvalue weighted by atomic mass is 35.5. The van der Waals surface area contributed by atoms with Crippen molar-refractivity contribution in [3.63, 3.8) is 0 Å². The van der Waals surface area contributed by atoms with E-state index in [4.69, 9.17) is 32.4 Å². The highest BCUT2D eigenvalue weighted by Crippen LogP contribution is 2.28. The number of rotatable bonds is 6. The minimum Gasteiger partial charge on any atom is -0.479 e. The summed E-state index contributed by atoms with van der Waals surface area (Å²) in [5.74, 6) is -0.301. The van der Waals surface area contributed by atoms with Crippen molar-refractivity contribution < 1.29 is 23.1 Å². The first-order valence-corrected chi connectivity index (χ1v) is 10.4. The molecule has 1 aliphatic heterocycles. The van der Waals surface area contributed by atoms with E-state index in [0.717, 1.165) is 5.56 Å². The number of ether oxygens (including phenoxy) is 1. The number of nitrogens with one attached hydrogen (secondary N) is 1. The standard InChI is InChI=1S/C21H23Cl2FN2O4/c1-11(2)14-6-7-29-19(14)21(28)26-9-16(24)17(10-26)25-20(27)12(3)30-18-5-4-13(22)8-15(18)23/h4-8,11-12,16-17H,9-10H2,1-3H3,(H,25,27)/t12?,16-,17+/m0/s1. The predicted molar refractivity (Wildman–Crippen MR) is 112 cm³/mol. The Labute approximate surface area is 184 Å². The lowest BCUT2D eigenvalue weighted by molar-refractivity contribution is -0.128. The molecular formula is C21H23Cl2FN2O4. The molecule has 1 aromatic carbocycles. The number of hydrogen-bond donors (Lipinski definition) is 1. The summed E-state index contributed by atoms with van der Waals surface area (Å²) in [5.41, 5.74) is 0.768. The Kier molecular flexibility index (Phi) is 6.93. The molecule has 2 aromatic rings. The fraction of sp³-hybridized carbons (Fsp3) is 0.429. The zero-order chi connectivity index (χ0) is 22.0. The number of nitrogens with zero attached hydrogens (tertiary/aromatic N) is 1. The van der Waals surface area contributed by atoms with E-state index in [0.29, 0.717) is 10.8 Å². The van der Waals surface area contributed by atoms with Crippen LogP contribution in [0, 0.1) is 0 Å². The average Bonchev–Trinajstić information content (AvgIpc) is 3.31. The highest BCUT2D eigenvalue weighted by Gasteiger charge is 2.39. The molecular weight excluding hydrogens is 434 g/mol. The van der Waals surface area contributed by atoms with E-state index in [1.807, 2.05) is 13.8 Å². The zero-order valence-electron chi connectivity index (χ0n) is 16.8. The van der Waals surface area contributed by atoms with Crippen molar-refractivity contribution in [3.05, 3.63) is 51.9 Å². The lowest BCUT2D eigenvalue weighted by Crippen LogP contribution is -2.47. The molecule has 30 heavy (non-hydrogen) atoms. The van der Waals surface area contributed by atoms with E-state index in [1.165, 1.54) is 24.2 Å². The first kappa shape index (κ1) is 22.4. The average molecular weight is 457 g/mol. The Hall–Kier alpha value is -2.25. The molecule has 1 N–H and O–H groups in total. The van der Waals surface area contributed by atoms with E-state index in [-0.39, 0.29) is 35.7 Å². The topological polar surface area (TPSA) is 71.8 Å². The Balaban J connectivity index is 1.61. The van der Waals surface area contributed by atoms with Crippen LogP contribution in [0.5, 0.6) is 5.75 Å². The second kappa shape index (κ2) is 9.27. The van der Waals surface area contributed by atoms with Crippen LogP contribution in [0.3, 0.4) is 0 Å². The minimum atomic E-state index is -1.40. The number of amides is 2. The maximum absolute atomic E-state index is 14.5. The van der Waals surface area contributed by atoms with Crippen molar-refractivity contribution in [2.45, 2.75) is 45.0 Å². The van der Waals surface area contributed by atoms with E-state index < -0.39 is 24.2 Å². The molecule has 2 heterocycles. The number of benzene rings is 1. The Morgan fingerprint density at radius 3 is 2.63 bits per heavy atom. The Morgan fingerprint density at radius 1 is 1.23 bits per heavy atom. The van der Waals surface area contributed by atoms with Crippen LogP contribution in [-0.2, 0) is 4.79 Å². The van der Waals surface area contributed by atoms with Crippen molar-refractivity contribution in [2.24, 2.45) is 0 Å². The van der Waals surface area contributed by atoms with Crippen molar-refractivity contribution >= 4 is 35.0 Å². The third kappa shape index (κ3) is 4.90. The molecule has 9 heteroatoms. The molecule has 6 nitrogen and oxygen atoms in total. The maximum atomic E-state index is 14.5. The molecule has 0 radical (unpaired) electrons. The van der Waals surface area contributed by atoms with Crippen LogP contribution in [0.15, 0.2) is 34.9 Å². The second-order valence-electron chi connectivity index (χ2n) is 7.54. The third-order valence-corrected chi connectivity index (χ3v) is 5.47. The molecule has 3 rings (SSSR count). The molecule has 3 atom stereocenters. The quantitative estimate of drug-likeness (QED) is 0.696. The minimum absolute atomic E-state index is 0.0401. The van der Waals surface area contributed by atoms with Crippen LogP contribution < -0.4 is 10.1 Å². The number of carbonyl (C=O) groups excluding carboxylic acids is 2. The summed E-state index contributed by atoms with van der Waals surface area (Å²) >= 11 is 11.9. The number of halogens is 3. The van der Waals surface area contributed by atoms with E-state index >= 15 is 0 Å². The van der Waals surface area contributed by atoms with Gasteiger partial charge in [0.1, 0.15) is 11.9 Å². The van der Waals surface area contributed by atoms with E-state index in [1.54, 1.807) is 18.2 Å². The van der Waals surface area contributed by atoms with E-state index in [9.17, 15) is 14.0 Å². The first-order chi connectivity index (χ1) is 14.2. The van der Waals surface area contributed by atoms with Gasteiger partial charge in [0.05, 0.1) is 23.9 Å². The summed E-state index contributed by atoms with van der Waals surface area (Å²) in [5, 5.41) is 3.32. The Morgan fingerprint density at radius 2 is 1.97 bits per heavy atom. The summed E-state index contributed by atoms with van der Waals surface area (Å²) in [6.45, 7) is 5.34. The molecule has 0 aliphatic carbocycles. The SMILES string of the molecule is CC(Oc1ccc(Cl)cc1Cl)C(=O)N[C@@H]1CN(C(=O)c2occc2C(C)C)C[C@@H]1F. The molecule has 0 saturated carbocycles. The summed E-state index contributed by atoms with van der Waals surface area (Å²) < 4.78 is 25.4. The third-order valence-electron chi connectivity index (χ3n) is 4.94. The molecule has 1 unspecified atom stereocenters. The fourth-order valence-electron chi connectivity index (χ4n) is 3.27. The van der Waals surface area contributed by atoms with Crippen molar-refractivity contribution in [1.82, 2.24) is 10.2 Å². The van der Waals surface area contributed by atoms with Crippen LogP contribution in [0.1, 0.15) is 42.8 Å². The number of carbonyl (C=O) groups is 2. The number of likely N-dealkylation sites (tertiary alicyclic amines) is 1. The highest BCUT2D eigenvalue weighted by molar-refractivity contribution is 6.35. The summed E-state index contributed by atoms with van der Waals surface area (Å²) in [4.78, 5) is 26.6. The molecule has 0 bridgehead atoms. The molecule has 1 aromatic heterocycles. The number of hydrogen-bond acceptors (Lipinski definition) is 4. The van der Waals surface area contributed by atoms with Gasteiger partial charge in [-0.3, -0.25) is 9.59 Å². The molecule has 1 aliphatic rings. The van der Waals surface area contributed by atoms with Crippen LogP contribution >= 0.6 is 23.2 Å². The van der Waals surface area contributed by atoms with Crippen molar-refractivity contribution in [3.8, 4) is 5.75 Å². The number of alkyl halides is 1. The maximum Gasteiger partial charge on any atom is 0.290 e. The van der Waals surface area contributed by atoms with E-state index in [2.05, 4.69) is 5.32 Å². The van der Waals surface area contributed by atoms with Crippen molar-refractivity contribution in [1.29, 1.82) is 0 Å². The monoisotopic (exact) mass is 456 g/mol. The van der Waals surface area contributed by atoms with Gasteiger partial charge in [-0.25, -0.2) is 4.39 Å². The fourth-order valence-corrected chi connectivity index (χ4v) is 3.73. The van der Waals surface area contributed by atoms with Crippen LogP contribution in [-0.4, -0.2) is 48.1 Å². The Bertz CT molecular complexity index is 933. The van der Waals surface area contributed by atoms with Gasteiger partial charge in [0.25, 0.3) is 11.8 Å². The molecule has 1 saturated heterocycles. The summed E-state index contributed by atoms with van der Waals surface area (Å²) in [6.07, 6.45) is -0.869. The largest absolute Gasteiger partial charge is 0.479 e. The van der Waals surface area contributed by atoms with Gasteiger partial charge < -0.3 is 19.4 Å². The van der Waals surface area contributed by atoms with Gasteiger partial charge in [-0.05, 0) is 37.1 Å². The van der Waals surface area contributed by atoms with Gasteiger partial charge >= 0.3 is 0 Å². The molecule has 0 spiro atoms. The smallest absolute Gasteiger partial charge is 0.290 e. The number of furan rings is 1. The predicted octanol–water partition coefficient (Wildman–Crippen LogP) is 4.46. The van der Waals surface area contributed by atoms with Gasteiger partial charge in [0.2, 0.25) is 0 Å². The van der Waals surface area contributed by atoms with Gasteiger partial charge in [-0.1, -0.05) is 37.0 Å². The molecule has 1 fully saturated rings.